The van der Waals surface area contributed by atoms with Crippen LogP contribution in [0.4, 0.5) is 13.2 Å². The van der Waals surface area contributed by atoms with E-state index in [0.717, 1.165) is 4.90 Å². The lowest BCUT2D eigenvalue weighted by molar-refractivity contribution is -0.141. The summed E-state index contributed by atoms with van der Waals surface area (Å²) in [5.74, 6) is -1.39. The number of carbonyl (C=O) groups excluding carboxylic acids is 2. The highest BCUT2D eigenvalue weighted by molar-refractivity contribution is 5.86. The highest BCUT2D eigenvalue weighted by atomic mass is 19.4. The predicted octanol–water partition coefficient (Wildman–Crippen LogP) is 0.824. The van der Waals surface area contributed by atoms with Gasteiger partial charge in [0.15, 0.2) is 0 Å². The lowest BCUT2D eigenvalue weighted by Gasteiger charge is -2.16. The van der Waals surface area contributed by atoms with E-state index in [1.54, 1.807) is 5.32 Å². The quantitative estimate of drug-likeness (QED) is 0.458. The summed E-state index contributed by atoms with van der Waals surface area (Å²) < 4.78 is 35.6. The molecule has 7 nitrogen and oxygen atoms in total. The first kappa shape index (κ1) is 15.1. The molecule has 0 radical (unpaired) electrons. The van der Waals surface area contributed by atoms with E-state index in [2.05, 4.69) is 10.0 Å². The van der Waals surface area contributed by atoms with Crippen LogP contribution >= 0.6 is 0 Å². The second kappa shape index (κ2) is 6.28. The maximum absolute atomic E-state index is 11.9. The zero-order valence-corrected chi connectivity index (χ0v) is 9.85. The van der Waals surface area contributed by atoms with E-state index in [-0.39, 0.29) is 31.3 Å². The average Bonchev–Trinajstić information content (AvgIpc) is 2.64. The van der Waals surface area contributed by atoms with Crippen LogP contribution in [0.3, 0.4) is 0 Å². The number of alkyl halides is 3. The van der Waals surface area contributed by atoms with E-state index in [9.17, 15) is 22.8 Å². The molecule has 1 heterocycles. The van der Waals surface area contributed by atoms with Crippen molar-refractivity contribution in [1.29, 1.82) is 0 Å². The largest absolute Gasteiger partial charge is 0.405 e. The minimum atomic E-state index is -4.48. The fourth-order valence-corrected chi connectivity index (χ4v) is 1.71. The number of carbonyl (C=O) groups is 2. The third kappa shape index (κ3) is 5.47. The number of halogens is 3. The van der Waals surface area contributed by atoms with Crippen molar-refractivity contribution in [2.45, 2.75) is 12.6 Å². The van der Waals surface area contributed by atoms with Crippen LogP contribution in [0.1, 0.15) is 6.42 Å². The van der Waals surface area contributed by atoms with Gasteiger partial charge in [-0.3, -0.25) is 9.59 Å². The molecular weight excluding hydrogens is 267 g/mol. The molecule has 1 aliphatic rings. The molecule has 106 valence electrons. The Morgan fingerprint density at radius 3 is 2.84 bits per heavy atom. The maximum atomic E-state index is 11.9. The van der Waals surface area contributed by atoms with Crippen molar-refractivity contribution in [2.24, 2.45) is 11.0 Å². The number of amides is 2. The van der Waals surface area contributed by atoms with Gasteiger partial charge in [-0.25, -0.2) is 0 Å². The van der Waals surface area contributed by atoms with Crippen molar-refractivity contribution in [2.75, 3.05) is 26.2 Å². The number of rotatable bonds is 5. The summed E-state index contributed by atoms with van der Waals surface area (Å²) in [4.78, 5) is 26.4. The van der Waals surface area contributed by atoms with Crippen molar-refractivity contribution in [3.63, 3.8) is 0 Å². The molecule has 1 rings (SSSR count). The second-order valence-electron chi connectivity index (χ2n) is 4.15. The number of nitrogens with zero attached hydrogens (tertiary/aromatic N) is 4. The smallest absolute Gasteiger partial charge is 0.345 e. The zero-order valence-electron chi connectivity index (χ0n) is 9.85. The Balaban J connectivity index is 2.38. The van der Waals surface area contributed by atoms with Crippen LogP contribution in [0, 0.1) is 5.92 Å². The van der Waals surface area contributed by atoms with Crippen LogP contribution < -0.4 is 5.32 Å². The van der Waals surface area contributed by atoms with Gasteiger partial charge in [0.1, 0.15) is 6.54 Å². The van der Waals surface area contributed by atoms with E-state index in [0.29, 0.717) is 0 Å². The van der Waals surface area contributed by atoms with Gasteiger partial charge in [0, 0.05) is 24.4 Å². The van der Waals surface area contributed by atoms with Gasteiger partial charge in [-0.2, -0.15) is 13.2 Å². The molecule has 1 N–H and O–H groups in total. The standard InChI is InChI=1S/C9H12F3N5O2/c10-9(11,12)5-14-7(18)4-17-3-6(1-8(17)19)2-15-16-13/h6H,1-5H2,(H,14,18). The Labute approximate surface area is 106 Å². The summed E-state index contributed by atoms with van der Waals surface area (Å²) >= 11 is 0. The minimum absolute atomic E-state index is 0.128. The van der Waals surface area contributed by atoms with E-state index in [1.165, 1.54) is 0 Å². The van der Waals surface area contributed by atoms with Gasteiger partial charge in [-0.15, -0.1) is 0 Å². The van der Waals surface area contributed by atoms with E-state index >= 15 is 0 Å². The number of nitrogens with one attached hydrogen (secondary N) is 1. The molecule has 0 aliphatic carbocycles. The predicted molar refractivity (Wildman–Crippen MR) is 57.8 cm³/mol. The summed E-state index contributed by atoms with van der Waals surface area (Å²) in [6, 6.07) is 0. The van der Waals surface area contributed by atoms with Gasteiger partial charge in [-0.05, 0) is 11.4 Å². The molecule has 2 amide bonds. The van der Waals surface area contributed by atoms with Crippen LogP contribution in [0.2, 0.25) is 0 Å². The Morgan fingerprint density at radius 1 is 1.58 bits per heavy atom. The Kier molecular flexibility index (Phi) is 4.99. The number of azide groups is 1. The second-order valence-corrected chi connectivity index (χ2v) is 4.15. The first-order chi connectivity index (χ1) is 8.81. The molecule has 1 atom stereocenters. The minimum Gasteiger partial charge on any atom is -0.345 e. The van der Waals surface area contributed by atoms with Gasteiger partial charge >= 0.3 is 6.18 Å². The highest BCUT2D eigenvalue weighted by Crippen LogP contribution is 2.18. The lowest BCUT2D eigenvalue weighted by Crippen LogP contribution is -2.41. The van der Waals surface area contributed by atoms with Gasteiger partial charge in [0.2, 0.25) is 11.8 Å². The summed E-state index contributed by atoms with van der Waals surface area (Å²) in [5.41, 5.74) is 8.14. The molecule has 1 aliphatic heterocycles. The number of likely N-dealkylation sites (tertiary alicyclic amines) is 1. The maximum Gasteiger partial charge on any atom is 0.405 e. The summed E-state index contributed by atoms with van der Waals surface area (Å²) in [7, 11) is 0. The van der Waals surface area contributed by atoms with Crippen molar-refractivity contribution < 1.29 is 22.8 Å². The molecule has 19 heavy (non-hydrogen) atoms. The molecule has 1 fully saturated rings. The van der Waals surface area contributed by atoms with Crippen molar-refractivity contribution >= 4 is 11.8 Å². The Morgan fingerprint density at radius 2 is 2.26 bits per heavy atom. The third-order valence-electron chi connectivity index (χ3n) is 2.52. The van der Waals surface area contributed by atoms with Crippen molar-refractivity contribution in [1.82, 2.24) is 10.2 Å². The van der Waals surface area contributed by atoms with Crippen LogP contribution in [0.25, 0.3) is 10.4 Å². The highest BCUT2D eigenvalue weighted by Gasteiger charge is 2.32. The SMILES string of the molecule is [N-]=[N+]=NCC1CC(=O)N(CC(=O)NCC(F)(F)F)C1. The van der Waals surface area contributed by atoms with Crippen LogP contribution in [0.15, 0.2) is 5.11 Å². The van der Waals surface area contributed by atoms with Gasteiger partial charge < -0.3 is 10.2 Å². The number of hydrogen-bond acceptors (Lipinski definition) is 3. The zero-order chi connectivity index (χ0) is 14.5. The fraction of sp³-hybridized carbons (Fsp3) is 0.778. The van der Waals surface area contributed by atoms with E-state index in [4.69, 9.17) is 5.53 Å². The molecular formula is C9H12F3N5O2. The molecule has 10 heteroatoms. The molecule has 1 unspecified atom stereocenters. The molecule has 0 aromatic carbocycles. The van der Waals surface area contributed by atoms with Crippen LogP contribution in [0.5, 0.6) is 0 Å². The fourth-order valence-electron chi connectivity index (χ4n) is 1.71. The van der Waals surface area contributed by atoms with Crippen LogP contribution in [-0.2, 0) is 9.59 Å². The normalized spacial score (nSPS) is 19.2. The molecule has 0 aromatic rings. The molecule has 0 bridgehead atoms. The topological polar surface area (TPSA) is 98.2 Å². The summed E-state index contributed by atoms with van der Waals surface area (Å²) in [6.07, 6.45) is -4.35. The lowest BCUT2D eigenvalue weighted by atomic mass is 10.1. The molecule has 1 saturated heterocycles. The first-order valence-electron chi connectivity index (χ1n) is 5.44. The van der Waals surface area contributed by atoms with Crippen LogP contribution in [-0.4, -0.2) is 49.1 Å². The monoisotopic (exact) mass is 279 g/mol. The Bertz CT molecular complexity index is 405. The molecule has 0 saturated carbocycles. The average molecular weight is 279 g/mol. The molecule has 0 aromatic heterocycles. The summed E-state index contributed by atoms with van der Waals surface area (Å²) in [6.45, 7) is -1.50. The van der Waals surface area contributed by atoms with Crippen molar-refractivity contribution in [3.8, 4) is 0 Å². The van der Waals surface area contributed by atoms with E-state index in [1.807, 2.05) is 0 Å². The third-order valence-corrected chi connectivity index (χ3v) is 2.52. The Hall–Kier alpha value is -1.96. The number of hydrogen-bond donors (Lipinski definition) is 1. The van der Waals surface area contributed by atoms with Gasteiger partial charge in [-0.1, -0.05) is 5.11 Å². The van der Waals surface area contributed by atoms with E-state index < -0.39 is 25.2 Å². The van der Waals surface area contributed by atoms with Gasteiger partial charge in [0.05, 0.1) is 6.54 Å². The van der Waals surface area contributed by atoms with Gasteiger partial charge in [0.25, 0.3) is 0 Å². The van der Waals surface area contributed by atoms with Crippen molar-refractivity contribution in [3.05, 3.63) is 10.4 Å². The first-order valence-corrected chi connectivity index (χ1v) is 5.44. The summed E-state index contributed by atoms with van der Waals surface area (Å²) in [5, 5.41) is 5.01. The molecule has 0 spiro atoms.